The third kappa shape index (κ3) is 3.54. The van der Waals surface area contributed by atoms with Crippen molar-refractivity contribution in [1.82, 2.24) is 0 Å². The second-order valence-electron chi connectivity index (χ2n) is 4.75. The van der Waals surface area contributed by atoms with Crippen LogP contribution >= 0.6 is 12.2 Å². The van der Waals surface area contributed by atoms with Gasteiger partial charge in [0, 0.05) is 23.3 Å². The third-order valence-corrected chi connectivity index (χ3v) is 3.69. The quantitative estimate of drug-likeness (QED) is 0.811. The number of thiocarbonyl (C=S) groups is 1. The number of phenols is 1. The lowest BCUT2D eigenvalue weighted by Gasteiger charge is -2.17. The Bertz CT molecular complexity index is 599. The van der Waals surface area contributed by atoms with Crippen molar-refractivity contribution in [3.8, 4) is 5.75 Å². The standard InChI is InChI=1S/C16H16O3S/c17-14-6-2-1-5-13(14)12-9-8-11(15(20)10-12)4-3-7-16(18)19/h1-2,5-6,8-9,17H,3-4,7,10H2,(H,18,19). The molecule has 0 radical (unpaired) electrons. The summed E-state index contributed by atoms with van der Waals surface area (Å²) in [6.45, 7) is 0. The van der Waals surface area contributed by atoms with Crippen LogP contribution in [0.15, 0.2) is 42.0 Å². The molecule has 0 spiro atoms. The van der Waals surface area contributed by atoms with Crippen LogP contribution in [-0.2, 0) is 4.79 Å². The van der Waals surface area contributed by atoms with Crippen LogP contribution in [0.4, 0.5) is 0 Å². The molecule has 1 aliphatic carbocycles. The molecule has 1 aromatic carbocycles. The van der Waals surface area contributed by atoms with Gasteiger partial charge in [-0.15, -0.1) is 0 Å². The SMILES string of the molecule is O=C(O)CCCC1=CC=C(c2ccccc2O)CC1=S. The molecule has 20 heavy (non-hydrogen) atoms. The number of carbonyl (C=O) groups is 1. The van der Waals surface area contributed by atoms with Crippen molar-refractivity contribution in [1.29, 1.82) is 0 Å². The van der Waals surface area contributed by atoms with Gasteiger partial charge in [0.25, 0.3) is 0 Å². The molecule has 0 heterocycles. The van der Waals surface area contributed by atoms with E-state index >= 15 is 0 Å². The van der Waals surface area contributed by atoms with Crippen molar-refractivity contribution in [3.05, 3.63) is 47.6 Å². The first kappa shape index (κ1) is 14.5. The van der Waals surface area contributed by atoms with Gasteiger partial charge in [-0.1, -0.05) is 42.6 Å². The summed E-state index contributed by atoms with van der Waals surface area (Å²) in [4.78, 5) is 11.3. The molecule has 0 bridgehead atoms. The van der Waals surface area contributed by atoms with Crippen molar-refractivity contribution in [3.63, 3.8) is 0 Å². The van der Waals surface area contributed by atoms with Crippen molar-refractivity contribution >= 4 is 28.6 Å². The lowest BCUT2D eigenvalue weighted by molar-refractivity contribution is -0.137. The van der Waals surface area contributed by atoms with Crippen molar-refractivity contribution in [2.45, 2.75) is 25.7 Å². The number of aromatic hydroxyl groups is 1. The Kier molecular flexibility index (Phi) is 4.69. The third-order valence-electron chi connectivity index (χ3n) is 3.28. The summed E-state index contributed by atoms with van der Waals surface area (Å²) in [5.74, 6) is -0.526. The maximum Gasteiger partial charge on any atom is 0.303 e. The molecule has 0 unspecified atom stereocenters. The summed E-state index contributed by atoms with van der Waals surface area (Å²) in [6, 6.07) is 7.19. The van der Waals surface area contributed by atoms with Gasteiger partial charge >= 0.3 is 5.97 Å². The zero-order valence-electron chi connectivity index (χ0n) is 11.0. The molecule has 2 rings (SSSR count). The highest BCUT2D eigenvalue weighted by molar-refractivity contribution is 7.80. The zero-order chi connectivity index (χ0) is 14.5. The highest BCUT2D eigenvalue weighted by Crippen LogP contribution is 2.32. The van der Waals surface area contributed by atoms with E-state index in [4.69, 9.17) is 17.3 Å². The van der Waals surface area contributed by atoms with Crippen LogP contribution in [0.3, 0.4) is 0 Å². The van der Waals surface area contributed by atoms with Gasteiger partial charge in [0.15, 0.2) is 0 Å². The number of rotatable bonds is 5. The number of carboxylic acid groups (broad SMARTS) is 1. The Hall–Kier alpha value is -1.94. The Labute approximate surface area is 123 Å². The second kappa shape index (κ2) is 6.48. The molecule has 0 aliphatic heterocycles. The van der Waals surface area contributed by atoms with Gasteiger partial charge in [-0.05, 0) is 30.1 Å². The normalized spacial score (nSPS) is 14.7. The molecule has 1 aromatic rings. The summed E-state index contributed by atoms with van der Waals surface area (Å²) in [5.41, 5.74) is 2.83. The smallest absolute Gasteiger partial charge is 0.303 e. The molecule has 2 N–H and O–H groups in total. The van der Waals surface area contributed by atoms with Gasteiger partial charge in [0.05, 0.1) is 0 Å². The molecule has 0 saturated heterocycles. The lowest BCUT2D eigenvalue weighted by atomic mass is 9.90. The average molecular weight is 288 g/mol. The number of phenolic OH excluding ortho intramolecular Hbond substituents is 1. The topological polar surface area (TPSA) is 57.5 Å². The summed E-state index contributed by atoms with van der Waals surface area (Å²) in [5, 5.41) is 18.5. The number of hydrogen-bond acceptors (Lipinski definition) is 3. The van der Waals surface area contributed by atoms with E-state index in [0.29, 0.717) is 19.3 Å². The van der Waals surface area contributed by atoms with Crippen LogP contribution in [0, 0.1) is 0 Å². The fraction of sp³-hybridized carbons (Fsp3) is 0.250. The predicted molar refractivity (Wildman–Crippen MR) is 82.9 cm³/mol. The monoisotopic (exact) mass is 288 g/mol. The first-order valence-corrected chi connectivity index (χ1v) is 6.92. The van der Waals surface area contributed by atoms with E-state index in [1.54, 1.807) is 12.1 Å². The van der Waals surface area contributed by atoms with Gasteiger partial charge in [-0.3, -0.25) is 4.79 Å². The molecule has 1 aliphatic rings. The molecule has 0 fully saturated rings. The first-order chi connectivity index (χ1) is 9.58. The molecule has 0 aromatic heterocycles. The lowest BCUT2D eigenvalue weighted by Crippen LogP contribution is -2.06. The zero-order valence-corrected chi connectivity index (χ0v) is 11.8. The number of carboxylic acids is 1. The van der Waals surface area contributed by atoms with Crippen LogP contribution in [-0.4, -0.2) is 21.0 Å². The molecule has 0 atom stereocenters. The number of hydrogen-bond donors (Lipinski definition) is 2. The van der Waals surface area contributed by atoms with Gasteiger partial charge in [-0.25, -0.2) is 0 Å². The van der Waals surface area contributed by atoms with E-state index in [0.717, 1.165) is 21.6 Å². The number of aliphatic carboxylic acids is 1. The maximum absolute atomic E-state index is 10.5. The highest BCUT2D eigenvalue weighted by Gasteiger charge is 2.15. The number of allylic oxidation sites excluding steroid dienone is 4. The number of benzene rings is 1. The van der Waals surface area contributed by atoms with Gasteiger partial charge < -0.3 is 10.2 Å². The maximum atomic E-state index is 10.5. The van der Waals surface area contributed by atoms with E-state index < -0.39 is 5.97 Å². The molecule has 104 valence electrons. The minimum atomic E-state index is -0.780. The van der Waals surface area contributed by atoms with Crippen molar-refractivity contribution in [2.75, 3.05) is 0 Å². The predicted octanol–water partition coefficient (Wildman–Crippen LogP) is 3.73. The summed E-state index contributed by atoms with van der Waals surface area (Å²) in [7, 11) is 0. The van der Waals surface area contributed by atoms with E-state index in [1.807, 2.05) is 24.3 Å². The largest absolute Gasteiger partial charge is 0.507 e. The number of para-hydroxylation sites is 1. The molecule has 4 heteroatoms. The minimum Gasteiger partial charge on any atom is -0.507 e. The molecule has 0 amide bonds. The Balaban J connectivity index is 2.11. The van der Waals surface area contributed by atoms with Gasteiger partial charge in [0.2, 0.25) is 0 Å². The van der Waals surface area contributed by atoms with Gasteiger partial charge in [-0.2, -0.15) is 0 Å². The Morgan fingerprint density at radius 2 is 2.00 bits per heavy atom. The Morgan fingerprint density at radius 1 is 1.25 bits per heavy atom. The van der Waals surface area contributed by atoms with Crippen LogP contribution < -0.4 is 0 Å². The van der Waals surface area contributed by atoms with Crippen molar-refractivity contribution in [2.24, 2.45) is 0 Å². The van der Waals surface area contributed by atoms with E-state index in [-0.39, 0.29) is 12.2 Å². The molecular formula is C16H16O3S. The molecule has 3 nitrogen and oxygen atoms in total. The summed E-state index contributed by atoms with van der Waals surface area (Å²) < 4.78 is 0. The fourth-order valence-corrected chi connectivity index (χ4v) is 2.55. The minimum absolute atomic E-state index is 0.163. The van der Waals surface area contributed by atoms with Crippen LogP contribution in [0.2, 0.25) is 0 Å². The van der Waals surface area contributed by atoms with Crippen molar-refractivity contribution < 1.29 is 15.0 Å². The van der Waals surface area contributed by atoms with Gasteiger partial charge in [0.1, 0.15) is 5.75 Å². The summed E-state index contributed by atoms with van der Waals surface area (Å²) in [6.07, 6.45) is 5.97. The van der Waals surface area contributed by atoms with Crippen LogP contribution in [0.1, 0.15) is 31.2 Å². The van der Waals surface area contributed by atoms with E-state index in [2.05, 4.69) is 0 Å². The summed E-state index contributed by atoms with van der Waals surface area (Å²) >= 11 is 5.39. The molecule has 0 saturated carbocycles. The Morgan fingerprint density at radius 3 is 2.65 bits per heavy atom. The second-order valence-corrected chi connectivity index (χ2v) is 5.24. The fourth-order valence-electron chi connectivity index (χ4n) is 2.22. The van der Waals surface area contributed by atoms with E-state index in [1.165, 1.54) is 0 Å². The first-order valence-electron chi connectivity index (χ1n) is 6.51. The average Bonchev–Trinajstić information content (AvgIpc) is 2.41. The highest BCUT2D eigenvalue weighted by atomic mass is 32.1. The van der Waals surface area contributed by atoms with E-state index in [9.17, 15) is 9.90 Å². The van der Waals surface area contributed by atoms with Crippen LogP contribution in [0.25, 0.3) is 5.57 Å². The van der Waals surface area contributed by atoms with Crippen LogP contribution in [0.5, 0.6) is 5.75 Å². The molecular weight excluding hydrogens is 272 g/mol.